The number of carbonyl (C=O) groups is 2. The number of amides is 2. The van der Waals surface area contributed by atoms with Crippen LogP contribution in [0.25, 0.3) is 0 Å². The summed E-state index contributed by atoms with van der Waals surface area (Å²) in [5.74, 6) is -0.685. The zero-order valence-corrected chi connectivity index (χ0v) is 16.5. The van der Waals surface area contributed by atoms with Crippen molar-refractivity contribution in [2.75, 3.05) is 10.6 Å². The van der Waals surface area contributed by atoms with E-state index in [1.165, 1.54) is 4.68 Å². The first-order chi connectivity index (χ1) is 13.4. The predicted octanol–water partition coefficient (Wildman–Crippen LogP) is 3.75. The summed E-state index contributed by atoms with van der Waals surface area (Å²) in [5, 5.41) is 13.9. The topological polar surface area (TPSA) is 88.9 Å². The second-order valence-electron chi connectivity index (χ2n) is 6.43. The number of hydrogen-bond acceptors (Lipinski definition) is 4. The fourth-order valence-electron chi connectivity index (χ4n) is 2.79. The van der Waals surface area contributed by atoms with Gasteiger partial charge in [-0.15, -0.1) is 5.10 Å². The quantitative estimate of drug-likeness (QED) is 0.686. The summed E-state index contributed by atoms with van der Waals surface area (Å²) >= 11 is 6.06. The van der Waals surface area contributed by atoms with Crippen LogP contribution in [0.5, 0.6) is 0 Å². The minimum atomic E-state index is -0.438. The van der Waals surface area contributed by atoms with Crippen LogP contribution in [0, 0.1) is 20.8 Å². The molecule has 3 rings (SSSR count). The van der Waals surface area contributed by atoms with Crippen LogP contribution in [0.1, 0.15) is 27.3 Å². The van der Waals surface area contributed by atoms with E-state index >= 15 is 0 Å². The Morgan fingerprint density at radius 1 is 1.00 bits per heavy atom. The van der Waals surface area contributed by atoms with Gasteiger partial charge in [-0.3, -0.25) is 9.59 Å². The van der Waals surface area contributed by atoms with E-state index in [9.17, 15) is 9.59 Å². The summed E-state index contributed by atoms with van der Waals surface area (Å²) in [6.45, 7) is 5.50. The Morgan fingerprint density at radius 3 is 2.36 bits per heavy atom. The second-order valence-corrected chi connectivity index (χ2v) is 6.84. The minimum absolute atomic E-state index is 0.0496. The molecule has 0 aliphatic heterocycles. The Morgan fingerprint density at radius 2 is 1.68 bits per heavy atom. The number of nitrogens with zero attached hydrogens (tertiary/aromatic N) is 3. The average molecular weight is 398 g/mol. The van der Waals surface area contributed by atoms with Gasteiger partial charge in [0.1, 0.15) is 6.54 Å². The number of benzene rings is 2. The highest BCUT2D eigenvalue weighted by Gasteiger charge is 2.19. The maximum absolute atomic E-state index is 12.5. The predicted molar refractivity (Wildman–Crippen MR) is 109 cm³/mol. The van der Waals surface area contributed by atoms with E-state index in [4.69, 9.17) is 11.6 Å². The fraction of sp³-hybridized carbons (Fsp3) is 0.200. The molecule has 28 heavy (non-hydrogen) atoms. The molecule has 2 aromatic carbocycles. The lowest BCUT2D eigenvalue weighted by molar-refractivity contribution is -0.117. The van der Waals surface area contributed by atoms with Crippen LogP contribution in [0.2, 0.25) is 5.02 Å². The molecule has 0 radical (unpaired) electrons. The van der Waals surface area contributed by atoms with Crippen LogP contribution < -0.4 is 10.6 Å². The summed E-state index contributed by atoms with van der Waals surface area (Å²) in [5.41, 5.74) is 3.84. The van der Waals surface area contributed by atoms with E-state index < -0.39 is 5.91 Å². The smallest absolute Gasteiger partial charge is 0.278 e. The van der Waals surface area contributed by atoms with E-state index in [-0.39, 0.29) is 18.1 Å². The van der Waals surface area contributed by atoms with E-state index in [1.807, 2.05) is 32.0 Å². The van der Waals surface area contributed by atoms with Gasteiger partial charge in [0.25, 0.3) is 5.91 Å². The number of hydrogen-bond donors (Lipinski definition) is 2. The Balaban J connectivity index is 1.71. The maximum Gasteiger partial charge on any atom is 0.278 e. The lowest BCUT2D eigenvalue weighted by atomic mass is 10.1. The molecule has 2 amide bonds. The van der Waals surface area contributed by atoms with Crippen molar-refractivity contribution in [2.24, 2.45) is 0 Å². The number of carbonyl (C=O) groups excluding carboxylic acids is 2. The number of aryl methyl sites for hydroxylation is 2. The molecule has 8 heteroatoms. The first kappa shape index (κ1) is 19.6. The highest BCUT2D eigenvalue weighted by atomic mass is 35.5. The highest BCUT2D eigenvalue weighted by Crippen LogP contribution is 2.22. The van der Waals surface area contributed by atoms with Gasteiger partial charge in [-0.2, -0.15) is 0 Å². The molecular formula is C20H20ClN5O2. The number of halogens is 1. The minimum Gasteiger partial charge on any atom is -0.324 e. The maximum atomic E-state index is 12.5. The standard InChI is InChI=1S/C20H20ClN5O2/c1-12-7-6-8-13(2)18(12)23-17(27)11-26-14(3)19(24-25-26)20(28)22-16-10-5-4-9-15(16)21/h4-10H,11H2,1-3H3,(H,22,28)(H,23,27). The number of aromatic nitrogens is 3. The number of anilines is 2. The van der Waals surface area contributed by atoms with E-state index in [0.29, 0.717) is 16.4 Å². The van der Waals surface area contributed by atoms with Crippen molar-refractivity contribution in [3.8, 4) is 0 Å². The zero-order valence-electron chi connectivity index (χ0n) is 15.8. The monoisotopic (exact) mass is 397 g/mol. The van der Waals surface area contributed by atoms with Crippen molar-refractivity contribution in [2.45, 2.75) is 27.3 Å². The van der Waals surface area contributed by atoms with E-state index in [0.717, 1.165) is 16.8 Å². The third-order valence-corrected chi connectivity index (χ3v) is 4.69. The van der Waals surface area contributed by atoms with Gasteiger partial charge in [0.2, 0.25) is 5.91 Å². The van der Waals surface area contributed by atoms with Crippen LogP contribution >= 0.6 is 11.6 Å². The summed E-state index contributed by atoms with van der Waals surface area (Å²) < 4.78 is 1.39. The van der Waals surface area contributed by atoms with Crippen molar-refractivity contribution < 1.29 is 9.59 Å². The van der Waals surface area contributed by atoms with Gasteiger partial charge in [-0.05, 0) is 44.0 Å². The molecule has 0 fully saturated rings. The first-order valence-corrected chi connectivity index (χ1v) is 9.06. The molecule has 0 aliphatic carbocycles. The van der Waals surface area contributed by atoms with Crippen molar-refractivity contribution in [3.63, 3.8) is 0 Å². The molecular weight excluding hydrogens is 378 g/mol. The normalized spacial score (nSPS) is 10.6. The Kier molecular flexibility index (Phi) is 5.75. The molecule has 144 valence electrons. The number of para-hydroxylation sites is 2. The van der Waals surface area contributed by atoms with Gasteiger partial charge >= 0.3 is 0 Å². The van der Waals surface area contributed by atoms with Gasteiger partial charge in [0, 0.05) is 5.69 Å². The first-order valence-electron chi connectivity index (χ1n) is 8.69. The van der Waals surface area contributed by atoms with E-state index in [1.54, 1.807) is 31.2 Å². The molecule has 0 bridgehead atoms. The number of nitrogens with one attached hydrogen (secondary N) is 2. The van der Waals surface area contributed by atoms with E-state index in [2.05, 4.69) is 20.9 Å². The van der Waals surface area contributed by atoms with Gasteiger partial charge in [-0.1, -0.05) is 47.1 Å². The third kappa shape index (κ3) is 4.20. The van der Waals surface area contributed by atoms with Crippen molar-refractivity contribution in [1.82, 2.24) is 15.0 Å². The third-order valence-electron chi connectivity index (χ3n) is 4.36. The molecule has 7 nitrogen and oxygen atoms in total. The Hall–Kier alpha value is -3.19. The summed E-state index contributed by atoms with van der Waals surface area (Å²) in [6.07, 6.45) is 0. The van der Waals surface area contributed by atoms with Crippen LogP contribution in [0.3, 0.4) is 0 Å². The lowest BCUT2D eigenvalue weighted by Crippen LogP contribution is -2.21. The number of rotatable bonds is 5. The molecule has 0 saturated carbocycles. The van der Waals surface area contributed by atoms with Crippen molar-refractivity contribution >= 4 is 34.8 Å². The lowest BCUT2D eigenvalue weighted by Gasteiger charge is -2.11. The molecule has 2 N–H and O–H groups in total. The molecule has 1 heterocycles. The second kappa shape index (κ2) is 8.22. The molecule has 3 aromatic rings. The molecule has 0 unspecified atom stereocenters. The molecule has 0 aliphatic rings. The van der Waals surface area contributed by atoms with Gasteiger partial charge < -0.3 is 10.6 Å². The summed E-state index contributed by atoms with van der Waals surface area (Å²) in [7, 11) is 0. The van der Waals surface area contributed by atoms with Crippen LogP contribution in [0.15, 0.2) is 42.5 Å². The molecule has 0 atom stereocenters. The Labute approximate surface area is 167 Å². The van der Waals surface area contributed by atoms with Gasteiger partial charge in [-0.25, -0.2) is 4.68 Å². The van der Waals surface area contributed by atoms with Gasteiger partial charge in [0.05, 0.1) is 16.4 Å². The van der Waals surface area contributed by atoms with Crippen LogP contribution in [-0.4, -0.2) is 26.8 Å². The van der Waals surface area contributed by atoms with Gasteiger partial charge in [0.15, 0.2) is 5.69 Å². The molecule has 0 saturated heterocycles. The van der Waals surface area contributed by atoms with Crippen molar-refractivity contribution in [1.29, 1.82) is 0 Å². The summed E-state index contributed by atoms with van der Waals surface area (Å²) in [4.78, 5) is 24.9. The van der Waals surface area contributed by atoms with Crippen LogP contribution in [-0.2, 0) is 11.3 Å². The SMILES string of the molecule is Cc1cccc(C)c1NC(=O)Cn1nnc(C(=O)Nc2ccccc2Cl)c1C. The summed E-state index contributed by atoms with van der Waals surface area (Å²) in [6, 6.07) is 12.7. The molecule has 0 spiro atoms. The largest absolute Gasteiger partial charge is 0.324 e. The average Bonchev–Trinajstić information content (AvgIpc) is 3.01. The fourth-order valence-corrected chi connectivity index (χ4v) is 2.97. The Bertz CT molecular complexity index is 1020. The zero-order chi connectivity index (χ0) is 20.3. The van der Waals surface area contributed by atoms with Crippen LogP contribution in [0.4, 0.5) is 11.4 Å². The highest BCUT2D eigenvalue weighted by molar-refractivity contribution is 6.33. The van der Waals surface area contributed by atoms with Crippen molar-refractivity contribution in [3.05, 3.63) is 70.0 Å². The molecule has 1 aromatic heterocycles.